The predicted molar refractivity (Wildman–Crippen MR) is 66.0 cm³/mol. The molecule has 7 nitrogen and oxygen atoms in total. The van der Waals surface area contributed by atoms with Crippen molar-refractivity contribution in [3.63, 3.8) is 0 Å². The standard InChI is InChI=1S/C12H13N3O4/c1-16-8-6-4-5-7-9(8)19-12-14-10(17-2)13-11(15-12)18-3/h4-7H,1-3H3. The van der Waals surface area contributed by atoms with E-state index in [0.29, 0.717) is 11.5 Å². The molecule has 0 unspecified atom stereocenters. The van der Waals surface area contributed by atoms with Crippen LogP contribution in [0.5, 0.6) is 29.5 Å². The third-order valence-electron chi connectivity index (χ3n) is 2.21. The van der Waals surface area contributed by atoms with Crippen LogP contribution in [-0.4, -0.2) is 36.3 Å². The van der Waals surface area contributed by atoms with Crippen molar-refractivity contribution in [2.24, 2.45) is 0 Å². The van der Waals surface area contributed by atoms with Gasteiger partial charge in [0.1, 0.15) is 0 Å². The fourth-order valence-corrected chi connectivity index (χ4v) is 1.35. The van der Waals surface area contributed by atoms with E-state index in [1.54, 1.807) is 19.2 Å². The zero-order valence-electron chi connectivity index (χ0n) is 10.8. The third kappa shape index (κ3) is 3.01. The first-order valence-corrected chi connectivity index (χ1v) is 5.41. The molecule has 0 amide bonds. The van der Waals surface area contributed by atoms with Gasteiger partial charge < -0.3 is 18.9 Å². The normalized spacial score (nSPS) is 9.84. The van der Waals surface area contributed by atoms with Crippen LogP contribution in [0.4, 0.5) is 0 Å². The molecule has 0 saturated carbocycles. The minimum atomic E-state index is 0.0631. The fraction of sp³-hybridized carbons (Fsp3) is 0.250. The van der Waals surface area contributed by atoms with Gasteiger partial charge in [-0.2, -0.15) is 0 Å². The summed E-state index contributed by atoms with van der Waals surface area (Å²) < 4.78 is 20.6. The molecule has 0 fully saturated rings. The van der Waals surface area contributed by atoms with Crippen LogP contribution in [0.15, 0.2) is 24.3 Å². The van der Waals surface area contributed by atoms with Gasteiger partial charge in [0, 0.05) is 0 Å². The maximum atomic E-state index is 5.54. The Balaban J connectivity index is 2.32. The molecule has 0 radical (unpaired) electrons. The lowest BCUT2D eigenvalue weighted by molar-refractivity contribution is 0.314. The fourth-order valence-electron chi connectivity index (χ4n) is 1.35. The van der Waals surface area contributed by atoms with Gasteiger partial charge in [0.15, 0.2) is 11.5 Å². The summed E-state index contributed by atoms with van der Waals surface area (Å²) in [6, 6.07) is 7.43. The molecule has 2 aromatic rings. The van der Waals surface area contributed by atoms with E-state index >= 15 is 0 Å². The maximum Gasteiger partial charge on any atom is 0.331 e. The highest BCUT2D eigenvalue weighted by atomic mass is 16.5. The molecule has 0 bridgehead atoms. The van der Waals surface area contributed by atoms with Crippen molar-refractivity contribution >= 4 is 0 Å². The van der Waals surface area contributed by atoms with Crippen LogP contribution in [0.3, 0.4) is 0 Å². The van der Waals surface area contributed by atoms with Crippen LogP contribution in [0.1, 0.15) is 0 Å². The zero-order chi connectivity index (χ0) is 13.7. The largest absolute Gasteiger partial charge is 0.493 e. The van der Waals surface area contributed by atoms with Gasteiger partial charge in [-0.3, -0.25) is 0 Å². The van der Waals surface area contributed by atoms with Crippen molar-refractivity contribution in [2.45, 2.75) is 0 Å². The molecule has 0 aliphatic heterocycles. The number of ether oxygens (including phenoxy) is 4. The van der Waals surface area contributed by atoms with E-state index in [4.69, 9.17) is 18.9 Å². The van der Waals surface area contributed by atoms with Gasteiger partial charge >= 0.3 is 18.0 Å². The van der Waals surface area contributed by atoms with Gasteiger partial charge in [0.25, 0.3) is 0 Å². The Kier molecular flexibility index (Phi) is 3.97. The second kappa shape index (κ2) is 5.85. The summed E-state index contributed by atoms with van der Waals surface area (Å²) in [6.07, 6.45) is 0. The summed E-state index contributed by atoms with van der Waals surface area (Å²) in [7, 11) is 4.44. The van der Waals surface area contributed by atoms with Crippen molar-refractivity contribution in [3.05, 3.63) is 24.3 Å². The molecular weight excluding hydrogens is 250 g/mol. The highest BCUT2D eigenvalue weighted by Gasteiger charge is 2.11. The Bertz CT molecular complexity index is 540. The quantitative estimate of drug-likeness (QED) is 0.812. The monoisotopic (exact) mass is 263 g/mol. The molecule has 1 heterocycles. The summed E-state index contributed by atoms with van der Waals surface area (Å²) >= 11 is 0. The molecular formula is C12H13N3O4. The van der Waals surface area contributed by atoms with E-state index in [1.165, 1.54) is 14.2 Å². The number of nitrogens with zero attached hydrogens (tertiary/aromatic N) is 3. The Labute approximate surface area is 110 Å². The lowest BCUT2D eigenvalue weighted by Crippen LogP contribution is -2.01. The molecule has 1 aromatic carbocycles. The van der Waals surface area contributed by atoms with Crippen molar-refractivity contribution < 1.29 is 18.9 Å². The highest BCUT2D eigenvalue weighted by Crippen LogP contribution is 2.30. The second-order valence-corrected chi connectivity index (χ2v) is 3.34. The van der Waals surface area contributed by atoms with Crippen molar-refractivity contribution in [2.75, 3.05) is 21.3 Å². The Morgan fingerprint density at radius 3 is 1.74 bits per heavy atom. The molecule has 19 heavy (non-hydrogen) atoms. The molecule has 2 rings (SSSR count). The van der Waals surface area contributed by atoms with Crippen LogP contribution in [0.25, 0.3) is 0 Å². The summed E-state index contributed by atoms with van der Waals surface area (Å²) in [6.45, 7) is 0. The average molecular weight is 263 g/mol. The topological polar surface area (TPSA) is 75.6 Å². The highest BCUT2D eigenvalue weighted by molar-refractivity contribution is 5.40. The number of benzene rings is 1. The zero-order valence-corrected chi connectivity index (χ0v) is 10.8. The summed E-state index contributed by atoms with van der Waals surface area (Å²) in [5.41, 5.74) is 0. The van der Waals surface area contributed by atoms with Crippen LogP contribution in [0.2, 0.25) is 0 Å². The van der Waals surface area contributed by atoms with Crippen LogP contribution in [0, 0.1) is 0 Å². The summed E-state index contributed by atoms with van der Waals surface area (Å²) in [5.74, 6) is 1.06. The Morgan fingerprint density at radius 1 is 0.684 bits per heavy atom. The molecule has 100 valence electrons. The Hall–Kier alpha value is -2.57. The van der Waals surface area contributed by atoms with E-state index in [-0.39, 0.29) is 18.0 Å². The van der Waals surface area contributed by atoms with Gasteiger partial charge in [-0.25, -0.2) is 0 Å². The molecule has 0 atom stereocenters. The Morgan fingerprint density at radius 2 is 1.21 bits per heavy atom. The molecule has 0 spiro atoms. The molecule has 7 heteroatoms. The molecule has 0 aliphatic rings. The lowest BCUT2D eigenvalue weighted by atomic mass is 10.3. The van der Waals surface area contributed by atoms with E-state index in [2.05, 4.69) is 15.0 Å². The number of aromatic nitrogens is 3. The van der Waals surface area contributed by atoms with E-state index < -0.39 is 0 Å². The first-order chi connectivity index (χ1) is 9.26. The van der Waals surface area contributed by atoms with Crippen molar-refractivity contribution in [3.8, 4) is 29.5 Å². The van der Waals surface area contributed by atoms with Crippen LogP contribution in [-0.2, 0) is 0 Å². The van der Waals surface area contributed by atoms with Gasteiger partial charge in [-0.15, -0.1) is 15.0 Å². The molecule has 1 aromatic heterocycles. The van der Waals surface area contributed by atoms with Gasteiger partial charge in [-0.1, -0.05) is 12.1 Å². The maximum absolute atomic E-state index is 5.54. The summed E-state index contributed by atoms with van der Waals surface area (Å²) in [4.78, 5) is 11.8. The average Bonchev–Trinajstić information content (AvgIpc) is 2.47. The van der Waals surface area contributed by atoms with E-state index in [0.717, 1.165) is 0 Å². The first kappa shape index (κ1) is 12.9. The first-order valence-electron chi connectivity index (χ1n) is 5.41. The SMILES string of the molecule is COc1nc(OC)nc(Oc2ccccc2OC)n1. The van der Waals surface area contributed by atoms with Gasteiger partial charge in [0.05, 0.1) is 21.3 Å². The van der Waals surface area contributed by atoms with Crippen molar-refractivity contribution in [1.82, 2.24) is 15.0 Å². The number of para-hydroxylation sites is 2. The third-order valence-corrected chi connectivity index (χ3v) is 2.21. The smallest absolute Gasteiger partial charge is 0.331 e. The molecule has 0 aliphatic carbocycles. The van der Waals surface area contributed by atoms with Gasteiger partial charge in [0.2, 0.25) is 0 Å². The second-order valence-electron chi connectivity index (χ2n) is 3.34. The van der Waals surface area contributed by atoms with Crippen LogP contribution >= 0.6 is 0 Å². The van der Waals surface area contributed by atoms with Crippen molar-refractivity contribution in [1.29, 1.82) is 0 Å². The lowest BCUT2D eigenvalue weighted by Gasteiger charge is -2.09. The van der Waals surface area contributed by atoms with Crippen LogP contribution < -0.4 is 18.9 Å². The van der Waals surface area contributed by atoms with E-state index in [1.807, 2.05) is 12.1 Å². The number of hydrogen-bond acceptors (Lipinski definition) is 7. The minimum Gasteiger partial charge on any atom is -0.493 e. The molecule has 0 saturated heterocycles. The predicted octanol–water partition coefficient (Wildman–Crippen LogP) is 1.69. The number of rotatable bonds is 5. The van der Waals surface area contributed by atoms with E-state index in [9.17, 15) is 0 Å². The molecule has 0 N–H and O–H groups in total. The summed E-state index contributed by atoms with van der Waals surface area (Å²) in [5, 5.41) is 0. The number of methoxy groups -OCH3 is 3. The minimum absolute atomic E-state index is 0.0631. The number of hydrogen-bond donors (Lipinski definition) is 0. The van der Waals surface area contributed by atoms with Gasteiger partial charge in [-0.05, 0) is 12.1 Å².